The molecule has 0 saturated carbocycles. The molecule has 2 rings (SSSR count). The lowest BCUT2D eigenvalue weighted by atomic mass is 9.97. The summed E-state index contributed by atoms with van der Waals surface area (Å²) >= 11 is 0. The molecule has 1 aromatic rings. The third kappa shape index (κ3) is 1.47. The molecule has 1 aliphatic rings. The van der Waals surface area contributed by atoms with Crippen LogP contribution in [-0.2, 0) is 4.79 Å². The number of hydrogen-bond donors (Lipinski definition) is 1. The smallest absolute Gasteiger partial charge is 0.249 e. The molecule has 2 nitrogen and oxygen atoms in total. The summed E-state index contributed by atoms with van der Waals surface area (Å²) < 4.78 is 0. The molecule has 0 bridgehead atoms. The molecule has 0 unspecified atom stereocenters. The third-order valence-corrected chi connectivity index (χ3v) is 2.20. The van der Waals surface area contributed by atoms with Crippen molar-refractivity contribution in [2.45, 2.75) is 13.0 Å². The number of β-lactam (4-membered cyclic amide) rings is 1. The zero-order valence-corrected chi connectivity index (χ0v) is 7.45. The first-order valence-corrected chi connectivity index (χ1v) is 4.35. The molecular weight excluding hydrogens is 162 g/mol. The number of carbonyl (C=O) groups is 1. The Bertz CT molecular complexity index is 354. The fourth-order valence-electron chi connectivity index (χ4n) is 1.40. The average molecular weight is 173 g/mol. The molecule has 1 N–H and O–H groups in total. The van der Waals surface area contributed by atoms with E-state index in [1.807, 2.05) is 43.3 Å². The van der Waals surface area contributed by atoms with Crippen LogP contribution in [0.2, 0.25) is 0 Å². The van der Waals surface area contributed by atoms with Crippen molar-refractivity contribution in [3.8, 4) is 0 Å². The minimum absolute atomic E-state index is 0.0522. The Morgan fingerprint density at radius 3 is 2.54 bits per heavy atom. The van der Waals surface area contributed by atoms with Gasteiger partial charge in [0, 0.05) is 5.57 Å². The van der Waals surface area contributed by atoms with Gasteiger partial charge < -0.3 is 5.32 Å². The molecular formula is C11H11NO. The lowest BCUT2D eigenvalue weighted by Gasteiger charge is -2.26. The van der Waals surface area contributed by atoms with Gasteiger partial charge in [0.2, 0.25) is 5.91 Å². The molecule has 13 heavy (non-hydrogen) atoms. The van der Waals surface area contributed by atoms with Crippen molar-refractivity contribution in [2.24, 2.45) is 0 Å². The van der Waals surface area contributed by atoms with Gasteiger partial charge in [0.15, 0.2) is 0 Å². The minimum atomic E-state index is 0.0522. The predicted molar refractivity (Wildman–Crippen MR) is 52.0 cm³/mol. The van der Waals surface area contributed by atoms with Gasteiger partial charge in [-0.2, -0.15) is 0 Å². The molecule has 66 valence electrons. The van der Waals surface area contributed by atoms with E-state index < -0.39 is 0 Å². The van der Waals surface area contributed by atoms with E-state index >= 15 is 0 Å². The predicted octanol–water partition coefficient (Wildman–Crippen LogP) is 1.59. The molecule has 1 atom stereocenters. The summed E-state index contributed by atoms with van der Waals surface area (Å²) in [6.07, 6.45) is 1.93. The maximum Gasteiger partial charge on any atom is 0.249 e. The van der Waals surface area contributed by atoms with Gasteiger partial charge in [-0.3, -0.25) is 4.79 Å². The van der Waals surface area contributed by atoms with E-state index in [-0.39, 0.29) is 11.9 Å². The molecule has 1 fully saturated rings. The van der Waals surface area contributed by atoms with Crippen LogP contribution in [0.1, 0.15) is 12.5 Å². The molecule has 2 heteroatoms. The first-order valence-electron chi connectivity index (χ1n) is 4.35. The lowest BCUT2D eigenvalue weighted by molar-refractivity contribution is -0.121. The van der Waals surface area contributed by atoms with Crippen molar-refractivity contribution >= 4 is 12.0 Å². The number of rotatable bonds is 1. The van der Waals surface area contributed by atoms with Gasteiger partial charge >= 0.3 is 0 Å². The highest BCUT2D eigenvalue weighted by Gasteiger charge is 2.27. The third-order valence-electron chi connectivity index (χ3n) is 2.20. The van der Waals surface area contributed by atoms with Crippen LogP contribution >= 0.6 is 0 Å². The van der Waals surface area contributed by atoms with Crippen molar-refractivity contribution in [3.63, 3.8) is 0 Å². The number of amides is 1. The Morgan fingerprint density at radius 1 is 1.31 bits per heavy atom. The highest BCUT2D eigenvalue weighted by atomic mass is 16.2. The molecule has 0 aromatic heterocycles. The number of benzene rings is 1. The van der Waals surface area contributed by atoms with Gasteiger partial charge in [0.1, 0.15) is 0 Å². The van der Waals surface area contributed by atoms with E-state index in [2.05, 4.69) is 5.32 Å². The highest BCUT2D eigenvalue weighted by Crippen LogP contribution is 2.16. The van der Waals surface area contributed by atoms with E-state index in [4.69, 9.17) is 0 Å². The summed E-state index contributed by atoms with van der Waals surface area (Å²) in [5.74, 6) is 0.0522. The first-order chi connectivity index (χ1) is 6.27. The largest absolute Gasteiger partial charge is 0.346 e. The van der Waals surface area contributed by atoms with E-state index in [0.29, 0.717) is 0 Å². The van der Waals surface area contributed by atoms with Crippen LogP contribution in [0.15, 0.2) is 35.9 Å². The SMILES string of the molecule is C[C@H]1NC(=O)/C1=C/c1ccccc1. The van der Waals surface area contributed by atoms with Crippen LogP contribution in [0.25, 0.3) is 6.08 Å². The molecule has 0 aliphatic carbocycles. The second kappa shape index (κ2) is 3.05. The van der Waals surface area contributed by atoms with Crippen molar-refractivity contribution in [1.82, 2.24) is 5.32 Å². The fraction of sp³-hybridized carbons (Fsp3) is 0.182. The van der Waals surface area contributed by atoms with Gasteiger partial charge in [-0.15, -0.1) is 0 Å². The summed E-state index contributed by atoms with van der Waals surface area (Å²) in [6.45, 7) is 1.98. The maximum atomic E-state index is 11.1. The van der Waals surface area contributed by atoms with E-state index in [9.17, 15) is 4.79 Å². The van der Waals surface area contributed by atoms with Crippen molar-refractivity contribution in [1.29, 1.82) is 0 Å². The lowest BCUT2D eigenvalue weighted by Crippen LogP contribution is -2.49. The minimum Gasteiger partial charge on any atom is -0.346 e. The van der Waals surface area contributed by atoms with Gasteiger partial charge in [0.05, 0.1) is 6.04 Å². The zero-order valence-electron chi connectivity index (χ0n) is 7.45. The Kier molecular flexibility index (Phi) is 1.89. The molecule has 0 radical (unpaired) electrons. The summed E-state index contributed by atoms with van der Waals surface area (Å²) in [7, 11) is 0. The van der Waals surface area contributed by atoms with Crippen LogP contribution < -0.4 is 5.32 Å². The molecule has 1 saturated heterocycles. The van der Waals surface area contributed by atoms with Gasteiger partial charge in [-0.05, 0) is 18.6 Å². The number of nitrogens with one attached hydrogen (secondary N) is 1. The standard InChI is InChI=1S/C11H11NO/c1-8-10(11(13)12-8)7-9-5-3-2-4-6-9/h2-8H,1H3,(H,12,13)/b10-7+/t8-/m1/s1. The van der Waals surface area contributed by atoms with Crippen LogP contribution in [0.5, 0.6) is 0 Å². The van der Waals surface area contributed by atoms with Crippen LogP contribution in [0.4, 0.5) is 0 Å². The Balaban J connectivity index is 2.26. The van der Waals surface area contributed by atoms with E-state index in [0.717, 1.165) is 11.1 Å². The van der Waals surface area contributed by atoms with Crippen molar-refractivity contribution in [2.75, 3.05) is 0 Å². The summed E-state index contributed by atoms with van der Waals surface area (Å²) in [6, 6.07) is 10.1. The van der Waals surface area contributed by atoms with Gasteiger partial charge in [-0.1, -0.05) is 30.3 Å². The van der Waals surface area contributed by atoms with Crippen molar-refractivity contribution in [3.05, 3.63) is 41.5 Å². The normalized spacial score (nSPS) is 23.9. The highest BCUT2D eigenvalue weighted by molar-refractivity contribution is 6.05. The van der Waals surface area contributed by atoms with Crippen LogP contribution in [0.3, 0.4) is 0 Å². The molecule has 1 aromatic carbocycles. The zero-order chi connectivity index (χ0) is 9.26. The quantitative estimate of drug-likeness (QED) is 0.507. The molecule has 1 amide bonds. The molecule has 1 heterocycles. The second-order valence-corrected chi connectivity index (χ2v) is 3.21. The number of hydrogen-bond acceptors (Lipinski definition) is 1. The molecule has 0 spiro atoms. The second-order valence-electron chi connectivity index (χ2n) is 3.21. The maximum absolute atomic E-state index is 11.1. The topological polar surface area (TPSA) is 29.1 Å². The Hall–Kier alpha value is -1.57. The summed E-state index contributed by atoms with van der Waals surface area (Å²) in [5.41, 5.74) is 1.95. The molecule has 1 aliphatic heterocycles. The monoisotopic (exact) mass is 173 g/mol. The van der Waals surface area contributed by atoms with E-state index in [1.54, 1.807) is 0 Å². The number of carbonyl (C=O) groups excluding carboxylic acids is 1. The van der Waals surface area contributed by atoms with Crippen molar-refractivity contribution < 1.29 is 4.79 Å². The Labute approximate surface area is 77.3 Å². The first kappa shape index (κ1) is 8.05. The van der Waals surface area contributed by atoms with Crippen LogP contribution in [-0.4, -0.2) is 11.9 Å². The van der Waals surface area contributed by atoms with Crippen LogP contribution in [0, 0.1) is 0 Å². The average Bonchev–Trinajstić information content (AvgIpc) is 2.16. The summed E-state index contributed by atoms with van der Waals surface area (Å²) in [5, 5.41) is 2.77. The fourth-order valence-corrected chi connectivity index (χ4v) is 1.40. The van der Waals surface area contributed by atoms with Gasteiger partial charge in [-0.25, -0.2) is 0 Å². The van der Waals surface area contributed by atoms with E-state index in [1.165, 1.54) is 0 Å². The Morgan fingerprint density at radius 2 is 2.00 bits per heavy atom. The van der Waals surface area contributed by atoms with Gasteiger partial charge in [0.25, 0.3) is 0 Å². The summed E-state index contributed by atoms with van der Waals surface area (Å²) in [4.78, 5) is 11.1.